The molecule has 0 radical (unpaired) electrons. The third kappa shape index (κ3) is 3.64. The van der Waals surface area contributed by atoms with Gasteiger partial charge in [0, 0.05) is 23.7 Å². The lowest BCUT2D eigenvalue weighted by atomic mass is 10.0. The van der Waals surface area contributed by atoms with Crippen LogP contribution in [-0.4, -0.2) is 0 Å². The molecule has 0 bridgehead atoms. The fourth-order valence-corrected chi connectivity index (χ4v) is 2.29. The molecule has 2 unspecified atom stereocenters. The first kappa shape index (κ1) is 15.6. The third-order valence-electron chi connectivity index (χ3n) is 3.62. The van der Waals surface area contributed by atoms with Gasteiger partial charge in [0.15, 0.2) is 0 Å². The second kappa shape index (κ2) is 6.31. The van der Waals surface area contributed by atoms with Crippen molar-refractivity contribution in [3.8, 4) is 0 Å². The minimum Gasteiger partial charge on any atom is -0.304 e. The summed E-state index contributed by atoms with van der Waals surface area (Å²) in [6.45, 7) is 5.37. The Morgan fingerprint density at radius 1 is 0.857 bits per heavy atom. The smallest absolute Gasteiger partial charge is 0.130 e. The van der Waals surface area contributed by atoms with E-state index in [4.69, 9.17) is 0 Å². The quantitative estimate of drug-likeness (QED) is 0.852. The molecule has 0 heterocycles. The average molecular weight is 293 g/mol. The maximum atomic E-state index is 13.7. The number of halogens is 3. The Balaban J connectivity index is 2.14. The maximum absolute atomic E-state index is 13.7. The predicted octanol–water partition coefficient (Wildman–Crippen LogP) is 4.82. The van der Waals surface area contributed by atoms with Crippen molar-refractivity contribution in [2.45, 2.75) is 32.9 Å². The highest BCUT2D eigenvalue weighted by Crippen LogP contribution is 2.23. The minimum absolute atomic E-state index is 0.153. The van der Waals surface area contributed by atoms with E-state index in [1.54, 1.807) is 19.9 Å². The molecule has 0 saturated heterocycles. The van der Waals surface area contributed by atoms with Gasteiger partial charge in [-0.1, -0.05) is 18.2 Å². The molecule has 0 fully saturated rings. The summed E-state index contributed by atoms with van der Waals surface area (Å²) in [7, 11) is 0. The van der Waals surface area contributed by atoms with E-state index >= 15 is 0 Å². The van der Waals surface area contributed by atoms with Crippen LogP contribution in [0.5, 0.6) is 0 Å². The van der Waals surface area contributed by atoms with Gasteiger partial charge < -0.3 is 5.32 Å². The summed E-state index contributed by atoms with van der Waals surface area (Å²) in [6.07, 6.45) is 0. The van der Waals surface area contributed by atoms with E-state index in [0.29, 0.717) is 11.1 Å². The molecular weight excluding hydrogens is 275 g/mol. The van der Waals surface area contributed by atoms with Gasteiger partial charge in [0.05, 0.1) is 0 Å². The molecule has 1 N–H and O–H groups in total. The summed E-state index contributed by atoms with van der Waals surface area (Å²) in [5.74, 6) is -1.45. The zero-order valence-corrected chi connectivity index (χ0v) is 12.3. The van der Waals surface area contributed by atoms with Crippen molar-refractivity contribution in [3.05, 3.63) is 70.5 Å². The number of hydrogen-bond donors (Lipinski definition) is 1. The Morgan fingerprint density at radius 3 is 2.19 bits per heavy atom. The number of hydrogen-bond acceptors (Lipinski definition) is 1. The molecule has 2 rings (SSSR count). The first-order valence-electron chi connectivity index (χ1n) is 6.85. The largest absolute Gasteiger partial charge is 0.304 e. The van der Waals surface area contributed by atoms with Crippen LogP contribution in [0.1, 0.15) is 42.6 Å². The van der Waals surface area contributed by atoms with Gasteiger partial charge in [0.2, 0.25) is 0 Å². The van der Waals surface area contributed by atoms with Crippen molar-refractivity contribution in [2.75, 3.05) is 0 Å². The van der Waals surface area contributed by atoms with E-state index in [1.165, 1.54) is 18.2 Å². The van der Waals surface area contributed by atoms with Gasteiger partial charge in [0.25, 0.3) is 0 Å². The van der Waals surface area contributed by atoms with Gasteiger partial charge in [-0.25, -0.2) is 13.2 Å². The van der Waals surface area contributed by atoms with E-state index in [9.17, 15) is 13.2 Å². The van der Waals surface area contributed by atoms with Crippen molar-refractivity contribution in [2.24, 2.45) is 0 Å². The zero-order valence-electron chi connectivity index (χ0n) is 12.3. The summed E-state index contributed by atoms with van der Waals surface area (Å²) in [6, 6.07) is 8.07. The van der Waals surface area contributed by atoms with Crippen molar-refractivity contribution < 1.29 is 13.2 Å². The van der Waals surface area contributed by atoms with Crippen molar-refractivity contribution >= 4 is 0 Å². The first-order chi connectivity index (χ1) is 9.88. The van der Waals surface area contributed by atoms with Crippen LogP contribution in [0, 0.1) is 24.4 Å². The number of benzene rings is 2. The lowest BCUT2D eigenvalue weighted by Gasteiger charge is -2.21. The van der Waals surface area contributed by atoms with Crippen LogP contribution in [-0.2, 0) is 0 Å². The minimum atomic E-state index is -0.600. The zero-order chi connectivity index (χ0) is 15.6. The van der Waals surface area contributed by atoms with Crippen LogP contribution in [0.15, 0.2) is 36.4 Å². The van der Waals surface area contributed by atoms with Gasteiger partial charge in [-0.05, 0) is 44.0 Å². The third-order valence-corrected chi connectivity index (χ3v) is 3.62. The van der Waals surface area contributed by atoms with E-state index in [-0.39, 0.29) is 17.9 Å². The highest BCUT2D eigenvalue weighted by molar-refractivity contribution is 5.27. The summed E-state index contributed by atoms with van der Waals surface area (Å²) < 4.78 is 40.2. The van der Waals surface area contributed by atoms with Crippen LogP contribution in [0.25, 0.3) is 0 Å². The molecule has 112 valence electrons. The highest BCUT2D eigenvalue weighted by atomic mass is 19.1. The SMILES string of the molecule is Cc1ccc(C(C)NC(C)c2ccc(F)cc2F)cc1F. The molecule has 0 aliphatic heterocycles. The molecule has 2 aromatic rings. The fraction of sp³-hybridized carbons (Fsp3) is 0.294. The van der Waals surface area contributed by atoms with Gasteiger partial charge in [0.1, 0.15) is 17.5 Å². The van der Waals surface area contributed by atoms with E-state index in [0.717, 1.165) is 11.6 Å². The van der Waals surface area contributed by atoms with Crippen LogP contribution < -0.4 is 5.32 Å². The lowest BCUT2D eigenvalue weighted by molar-refractivity contribution is 0.468. The average Bonchev–Trinajstić information content (AvgIpc) is 2.41. The monoisotopic (exact) mass is 293 g/mol. The summed E-state index contributed by atoms with van der Waals surface area (Å²) in [4.78, 5) is 0. The van der Waals surface area contributed by atoms with Crippen LogP contribution in [0.2, 0.25) is 0 Å². The predicted molar refractivity (Wildman–Crippen MR) is 77.5 cm³/mol. The lowest BCUT2D eigenvalue weighted by Crippen LogP contribution is -2.23. The summed E-state index contributed by atoms with van der Waals surface area (Å²) >= 11 is 0. The van der Waals surface area contributed by atoms with Gasteiger partial charge in [-0.15, -0.1) is 0 Å². The van der Waals surface area contributed by atoms with Crippen LogP contribution in [0.4, 0.5) is 13.2 Å². The molecule has 0 saturated carbocycles. The van der Waals surface area contributed by atoms with E-state index < -0.39 is 11.6 Å². The highest BCUT2D eigenvalue weighted by Gasteiger charge is 2.15. The number of aryl methyl sites for hydroxylation is 1. The Bertz CT molecular complexity index is 640. The van der Waals surface area contributed by atoms with Crippen molar-refractivity contribution in [1.82, 2.24) is 5.32 Å². The Morgan fingerprint density at radius 2 is 1.57 bits per heavy atom. The second-order valence-corrected chi connectivity index (χ2v) is 5.28. The molecule has 2 atom stereocenters. The van der Waals surface area contributed by atoms with Crippen molar-refractivity contribution in [1.29, 1.82) is 0 Å². The fourth-order valence-electron chi connectivity index (χ4n) is 2.29. The first-order valence-corrected chi connectivity index (χ1v) is 6.85. The Kier molecular flexibility index (Phi) is 4.68. The Labute approximate surface area is 122 Å². The molecule has 4 heteroatoms. The summed E-state index contributed by atoms with van der Waals surface area (Å²) in [5, 5.41) is 3.19. The van der Waals surface area contributed by atoms with Gasteiger partial charge >= 0.3 is 0 Å². The molecule has 0 spiro atoms. The molecule has 0 aliphatic carbocycles. The standard InChI is InChI=1S/C17H18F3N/c1-10-4-5-13(8-16(10)19)11(2)21-12(3)15-7-6-14(18)9-17(15)20/h4-9,11-12,21H,1-3H3. The number of rotatable bonds is 4. The molecule has 0 aliphatic rings. The van der Waals surface area contributed by atoms with E-state index in [2.05, 4.69) is 5.32 Å². The molecule has 1 nitrogen and oxygen atoms in total. The number of nitrogens with one attached hydrogen (secondary N) is 1. The summed E-state index contributed by atoms with van der Waals surface area (Å²) in [5.41, 5.74) is 1.76. The molecule has 0 aromatic heterocycles. The van der Waals surface area contributed by atoms with E-state index in [1.807, 2.05) is 13.0 Å². The molecule has 0 amide bonds. The van der Waals surface area contributed by atoms with Crippen LogP contribution in [0.3, 0.4) is 0 Å². The molecular formula is C17H18F3N. The second-order valence-electron chi connectivity index (χ2n) is 5.28. The van der Waals surface area contributed by atoms with Crippen LogP contribution >= 0.6 is 0 Å². The topological polar surface area (TPSA) is 12.0 Å². The molecule has 21 heavy (non-hydrogen) atoms. The maximum Gasteiger partial charge on any atom is 0.130 e. The Hall–Kier alpha value is -1.81. The normalized spacial score (nSPS) is 14.0. The molecule has 2 aromatic carbocycles. The van der Waals surface area contributed by atoms with Crippen molar-refractivity contribution in [3.63, 3.8) is 0 Å². The van der Waals surface area contributed by atoms with Gasteiger partial charge in [-0.3, -0.25) is 0 Å². The van der Waals surface area contributed by atoms with Gasteiger partial charge in [-0.2, -0.15) is 0 Å².